The molecule has 0 spiro atoms. The molecule has 0 aromatic rings. The molecular formula is C74H141N2O7P. The number of carbonyl (C=O) groups excluding carboxylic acids is 2. The molecule has 9 nitrogen and oxygen atoms in total. The maximum absolute atomic E-state index is 13.6. The number of amides is 1. The van der Waals surface area contributed by atoms with Crippen LogP contribution in [0.1, 0.15) is 361 Å². The van der Waals surface area contributed by atoms with E-state index in [9.17, 15) is 19.0 Å². The minimum Gasteiger partial charge on any atom is -0.756 e. The summed E-state index contributed by atoms with van der Waals surface area (Å²) >= 11 is 0. The van der Waals surface area contributed by atoms with Crippen molar-refractivity contribution in [3.63, 3.8) is 0 Å². The maximum atomic E-state index is 13.6. The third-order valence-electron chi connectivity index (χ3n) is 16.5. The summed E-state index contributed by atoms with van der Waals surface area (Å²) < 4.78 is 30.5. The second kappa shape index (κ2) is 64.0. The molecule has 1 N–H and O–H groups in total. The first-order valence-corrected chi connectivity index (χ1v) is 37.9. The fourth-order valence-corrected chi connectivity index (χ4v) is 11.6. The molecule has 84 heavy (non-hydrogen) atoms. The minimum absolute atomic E-state index is 0.0225. The van der Waals surface area contributed by atoms with Gasteiger partial charge in [0.25, 0.3) is 7.82 Å². The normalized spacial score (nSPS) is 13.8. The Hall–Kier alpha value is -2.03. The number of nitrogens with one attached hydrogen (secondary N) is 1. The largest absolute Gasteiger partial charge is 0.756 e. The highest BCUT2D eigenvalue weighted by Gasteiger charge is 2.27. The quantitative estimate of drug-likeness (QED) is 0.0212. The zero-order valence-corrected chi connectivity index (χ0v) is 57.5. The number of quaternary nitrogens is 1. The molecule has 0 rings (SSSR count). The molecule has 0 heterocycles. The summed E-state index contributed by atoms with van der Waals surface area (Å²) in [6.45, 7) is 6.87. The van der Waals surface area contributed by atoms with Crippen LogP contribution in [0.2, 0.25) is 0 Å². The van der Waals surface area contributed by atoms with Crippen LogP contribution in [0.4, 0.5) is 0 Å². The molecule has 0 saturated carbocycles. The predicted molar refractivity (Wildman–Crippen MR) is 363 cm³/mol. The molecule has 0 radical (unpaired) electrons. The van der Waals surface area contributed by atoms with Crippen LogP contribution >= 0.6 is 7.82 Å². The highest BCUT2D eigenvalue weighted by Crippen LogP contribution is 2.38. The lowest BCUT2D eigenvalue weighted by Crippen LogP contribution is -2.47. The molecule has 0 fully saturated rings. The van der Waals surface area contributed by atoms with Crippen LogP contribution in [-0.4, -0.2) is 69.4 Å². The van der Waals surface area contributed by atoms with Gasteiger partial charge in [0.05, 0.1) is 33.8 Å². The average Bonchev–Trinajstić information content (AvgIpc) is 3.64. The highest BCUT2D eigenvalue weighted by atomic mass is 31.2. The molecule has 10 heteroatoms. The van der Waals surface area contributed by atoms with Crippen molar-refractivity contribution in [2.24, 2.45) is 0 Å². The zero-order valence-electron chi connectivity index (χ0n) is 56.6. The molecule has 0 bridgehead atoms. The summed E-state index contributed by atoms with van der Waals surface area (Å²) in [7, 11) is 1.19. The number of phosphoric acid groups is 1. The van der Waals surface area contributed by atoms with Crippen molar-refractivity contribution >= 4 is 19.7 Å². The zero-order chi connectivity index (χ0) is 61.4. The van der Waals surface area contributed by atoms with Gasteiger partial charge < -0.3 is 28.5 Å². The monoisotopic (exact) mass is 1200 g/mol. The van der Waals surface area contributed by atoms with Gasteiger partial charge in [-0.15, -0.1) is 0 Å². The van der Waals surface area contributed by atoms with Gasteiger partial charge in [0.15, 0.2) is 0 Å². The van der Waals surface area contributed by atoms with Crippen molar-refractivity contribution in [2.75, 3.05) is 40.9 Å². The number of phosphoric ester groups is 1. The number of carbonyl (C=O) groups is 2. The number of unbranched alkanes of at least 4 members (excludes halogenated alkanes) is 45. The van der Waals surface area contributed by atoms with Gasteiger partial charge in [0, 0.05) is 12.8 Å². The first-order valence-electron chi connectivity index (χ1n) is 36.4. The van der Waals surface area contributed by atoms with Gasteiger partial charge >= 0.3 is 5.97 Å². The Bertz CT molecular complexity index is 1570. The Morgan fingerprint density at radius 1 is 0.417 bits per heavy atom. The van der Waals surface area contributed by atoms with Gasteiger partial charge in [-0.25, -0.2) is 0 Å². The van der Waals surface area contributed by atoms with Gasteiger partial charge in [-0.1, -0.05) is 327 Å². The van der Waals surface area contributed by atoms with Crippen LogP contribution in [0.5, 0.6) is 0 Å². The van der Waals surface area contributed by atoms with Crippen molar-refractivity contribution in [1.29, 1.82) is 0 Å². The summed E-state index contributed by atoms with van der Waals surface area (Å²) in [4.78, 5) is 40.2. The fourth-order valence-electron chi connectivity index (χ4n) is 10.9. The first-order chi connectivity index (χ1) is 40.9. The molecule has 0 aliphatic heterocycles. The van der Waals surface area contributed by atoms with Crippen LogP contribution in [0.3, 0.4) is 0 Å². The molecule has 0 saturated heterocycles. The van der Waals surface area contributed by atoms with Crippen molar-refractivity contribution < 1.29 is 37.3 Å². The Morgan fingerprint density at radius 2 is 0.726 bits per heavy atom. The number of esters is 1. The van der Waals surface area contributed by atoms with Gasteiger partial charge in [-0.3, -0.25) is 14.2 Å². The van der Waals surface area contributed by atoms with Crippen LogP contribution in [-0.2, 0) is 27.9 Å². The number of allylic oxidation sites excluding steroid dienone is 7. The molecular weight excluding hydrogens is 1060 g/mol. The highest BCUT2D eigenvalue weighted by molar-refractivity contribution is 7.45. The molecule has 0 aromatic heterocycles. The van der Waals surface area contributed by atoms with E-state index in [1.807, 2.05) is 33.3 Å². The summed E-state index contributed by atoms with van der Waals surface area (Å²) in [5, 5.41) is 3.04. The number of nitrogens with zero attached hydrogens (tertiary/aromatic N) is 1. The lowest BCUT2D eigenvalue weighted by atomic mass is 10.0. The van der Waals surface area contributed by atoms with Crippen LogP contribution in [0.15, 0.2) is 48.6 Å². The van der Waals surface area contributed by atoms with E-state index in [0.29, 0.717) is 17.4 Å². The molecule has 3 atom stereocenters. The number of hydrogen-bond donors (Lipinski definition) is 1. The van der Waals surface area contributed by atoms with Gasteiger partial charge in [0.1, 0.15) is 19.3 Å². The molecule has 1 amide bonds. The molecule has 3 unspecified atom stereocenters. The smallest absolute Gasteiger partial charge is 0.306 e. The van der Waals surface area contributed by atoms with E-state index in [2.05, 4.69) is 62.5 Å². The van der Waals surface area contributed by atoms with Crippen molar-refractivity contribution in [2.45, 2.75) is 373 Å². The van der Waals surface area contributed by atoms with E-state index in [1.165, 1.54) is 244 Å². The van der Waals surface area contributed by atoms with Gasteiger partial charge in [0.2, 0.25) is 5.91 Å². The summed E-state index contributed by atoms with van der Waals surface area (Å²) in [5.74, 6) is -0.532. The third kappa shape index (κ3) is 64.4. The predicted octanol–water partition coefficient (Wildman–Crippen LogP) is 22.6. The first kappa shape index (κ1) is 82.0. The van der Waals surface area contributed by atoms with Crippen LogP contribution < -0.4 is 10.2 Å². The third-order valence-corrected chi connectivity index (χ3v) is 17.5. The number of rotatable bonds is 67. The Balaban J connectivity index is 5.02. The van der Waals surface area contributed by atoms with E-state index in [4.69, 9.17) is 13.8 Å². The van der Waals surface area contributed by atoms with Crippen molar-refractivity contribution in [3.05, 3.63) is 48.6 Å². The lowest BCUT2D eigenvalue weighted by molar-refractivity contribution is -0.870. The summed E-state index contributed by atoms with van der Waals surface area (Å²) in [6, 6.07) is -0.891. The number of likely N-dealkylation sites (N-methyl/N-ethyl adjacent to an activating group) is 1. The topological polar surface area (TPSA) is 114 Å². The van der Waals surface area contributed by atoms with Crippen LogP contribution in [0, 0.1) is 0 Å². The number of ether oxygens (including phenoxy) is 1. The van der Waals surface area contributed by atoms with E-state index < -0.39 is 20.0 Å². The van der Waals surface area contributed by atoms with Crippen molar-refractivity contribution in [3.8, 4) is 0 Å². The lowest BCUT2D eigenvalue weighted by Gasteiger charge is -2.30. The summed E-state index contributed by atoms with van der Waals surface area (Å²) in [6.07, 6.45) is 81.0. The second-order valence-electron chi connectivity index (χ2n) is 26.1. The minimum atomic E-state index is -4.71. The Morgan fingerprint density at radius 3 is 1.11 bits per heavy atom. The molecule has 0 aromatic carbocycles. The molecule has 494 valence electrons. The SMILES string of the molecule is CCCCC/C=C\C/C=C\C/C=C\CCCCCCCCCCC(=O)NC(COP(=O)([O-])OCC[N+](C)(C)C)C(/C=C/CCCCCCCCCCCC)OC(=O)CCCCCCCCCCCCCCCCCCCCCCCCCCC. The van der Waals surface area contributed by atoms with Gasteiger partial charge in [-0.2, -0.15) is 0 Å². The van der Waals surface area contributed by atoms with Gasteiger partial charge in [-0.05, 0) is 70.3 Å². The van der Waals surface area contributed by atoms with E-state index in [-0.39, 0.29) is 31.5 Å². The average molecular weight is 1200 g/mol. The summed E-state index contributed by atoms with van der Waals surface area (Å²) in [5.41, 5.74) is 0. The van der Waals surface area contributed by atoms with Crippen LogP contribution in [0.25, 0.3) is 0 Å². The molecule has 0 aliphatic rings. The van der Waals surface area contributed by atoms with E-state index >= 15 is 0 Å². The molecule has 0 aliphatic carbocycles. The van der Waals surface area contributed by atoms with E-state index in [1.54, 1.807) is 0 Å². The standard InChI is InChI=1S/C74H141N2O7P/c1-7-10-13-16-19-22-25-28-30-32-34-36-37-38-39-41-43-45-47-49-52-55-58-61-64-67-74(78)83-72(65-62-59-56-53-50-27-24-21-18-15-12-9-3)71(70-82-84(79,80)81-69-68-76(4,5)6)75-73(77)66-63-60-57-54-51-48-46-44-42-40-35-33-31-29-26-23-20-17-14-11-8-2/h20,23,29,31,35,40,62,65,71-72H,7-19,21-22,24-28,30,32-34,36-39,41-61,63-64,66-70H2,1-6H3,(H-,75,77,79,80)/b23-20-,31-29-,40-35-,65-62+. The van der Waals surface area contributed by atoms with Crippen molar-refractivity contribution in [1.82, 2.24) is 5.32 Å². The number of hydrogen-bond acceptors (Lipinski definition) is 7. The fraction of sp³-hybridized carbons (Fsp3) is 0.865. The second-order valence-corrected chi connectivity index (χ2v) is 27.5. The maximum Gasteiger partial charge on any atom is 0.306 e. The Labute approximate surface area is 522 Å². The van der Waals surface area contributed by atoms with E-state index in [0.717, 1.165) is 83.5 Å². The Kier molecular flexibility index (Phi) is 62.4.